The van der Waals surface area contributed by atoms with E-state index in [0.29, 0.717) is 11.8 Å². The maximum Gasteiger partial charge on any atom is 0.256 e. The average molecular weight is 348 g/mol. The van der Waals surface area contributed by atoms with E-state index in [-0.39, 0.29) is 11.9 Å². The van der Waals surface area contributed by atoms with Gasteiger partial charge < -0.3 is 15.6 Å². The first-order valence-electron chi connectivity index (χ1n) is 7.45. The Morgan fingerprint density at radius 3 is 3.00 bits per heavy atom. The summed E-state index contributed by atoms with van der Waals surface area (Å²) in [7, 11) is 0. The molecule has 1 aliphatic carbocycles. The fourth-order valence-electron chi connectivity index (χ4n) is 3.95. The summed E-state index contributed by atoms with van der Waals surface area (Å²) in [5.41, 5.74) is 7.91. The van der Waals surface area contributed by atoms with Crippen molar-refractivity contribution in [2.24, 2.45) is 17.6 Å². The molecule has 1 saturated carbocycles. The van der Waals surface area contributed by atoms with Gasteiger partial charge in [-0.3, -0.25) is 4.79 Å². The topological polar surface area (TPSA) is 62.1 Å². The van der Waals surface area contributed by atoms with Gasteiger partial charge in [-0.2, -0.15) is 0 Å². The standard InChI is InChI=1S/C16H18BrN3O/c17-12-2-1-3-14-15(12)10(6-19-14)16(21)20-7-9-4-5-13(18)11(9)8-20/h1-3,6,9,11,13,19H,4-5,7-8,18H2. The summed E-state index contributed by atoms with van der Waals surface area (Å²) >= 11 is 3.55. The summed E-state index contributed by atoms with van der Waals surface area (Å²) in [5, 5.41) is 0.976. The van der Waals surface area contributed by atoms with Gasteiger partial charge in [-0.25, -0.2) is 0 Å². The predicted molar refractivity (Wildman–Crippen MR) is 86.1 cm³/mol. The normalized spacial score (nSPS) is 28.3. The van der Waals surface area contributed by atoms with Crippen molar-refractivity contribution in [3.05, 3.63) is 34.4 Å². The molecule has 4 rings (SSSR count). The van der Waals surface area contributed by atoms with Gasteiger partial charge in [0.05, 0.1) is 5.56 Å². The zero-order valence-electron chi connectivity index (χ0n) is 11.7. The SMILES string of the molecule is NC1CCC2CN(C(=O)c3c[nH]c4cccc(Br)c34)CC12. The molecule has 0 spiro atoms. The van der Waals surface area contributed by atoms with Crippen LogP contribution < -0.4 is 5.73 Å². The lowest BCUT2D eigenvalue weighted by atomic mass is 9.98. The second kappa shape index (κ2) is 4.85. The highest BCUT2D eigenvalue weighted by molar-refractivity contribution is 9.10. The summed E-state index contributed by atoms with van der Waals surface area (Å²) in [6, 6.07) is 6.20. The Kier molecular flexibility index (Phi) is 3.08. The van der Waals surface area contributed by atoms with Crippen LogP contribution in [0.4, 0.5) is 0 Å². The number of H-pyrrole nitrogens is 1. The summed E-state index contributed by atoms with van der Waals surface area (Å²) in [4.78, 5) is 18.0. The zero-order chi connectivity index (χ0) is 14.6. The summed E-state index contributed by atoms with van der Waals surface area (Å²) < 4.78 is 0.959. The first-order chi connectivity index (χ1) is 10.1. The van der Waals surface area contributed by atoms with Crippen LogP contribution in [0.1, 0.15) is 23.2 Å². The van der Waals surface area contributed by atoms with E-state index in [2.05, 4.69) is 20.9 Å². The third kappa shape index (κ3) is 2.02. The molecule has 3 N–H and O–H groups in total. The minimum atomic E-state index is 0.120. The van der Waals surface area contributed by atoms with Crippen LogP contribution in [0.3, 0.4) is 0 Å². The number of nitrogens with zero attached hydrogens (tertiary/aromatic N) is 1. The number of aromatic amines is 1. The molecule has 3 atom stereocenters. The van der Waals surface area contributed by atoms with Crippen LogP contribution in [-0.2, 0) is 0 Å². The van der Waals surface area contributed by atoms with Crippen molar-refractivity contribution < 1.29 is 4.79 Å². The van der Waals surface area contributed by atoms with E-state index in [9.17, 15) is 4.79 Å². The van der Waals surface area contributed by atoms with Gasteiger partial charge in [0, 0.05) is 40.7 Å². The lowest BCUT2D eigenvalue weighted by molar-refractivity contribution is 0.0781. The number of amides is 1. The van der Waals surface area contributed by atoms with Gasteiger partial charge in [-0.1, -0.05) is 22.0 Å². The fourth-order valence-corrected chi connectivity index (χ4v) is 4.53. The van der Waals surface area contributed by atoms with Gasteiger partial charge in [0.2, 0.25) is 0 Å². The molecule has 3 unspecified atom stereocenters. The number of aromatic nitrogens is 1. The van der Waals surface area contributed by atoms with E-state index in [0.717, 1.165) is 46.9 Å². The van der Waals surface area contributed by atoms with Gasteiger partial charge in [-0.05, 0) is 36.8 Å². The van der Waals surface area contributed by atoms with Crippen LogP contribution in [0, 0.1) is 11.8 Å². The average Bonchev–Trinajstić information content (AvgIpc) is 3.15. The Labute approximate surface area is 131 Å². The number of hydrogen-bond donors (Lipinski definition) is 2. The molecular formula is C16H18BrN3O. The quantitative estimate of drug-likeness (QED) is 0.833. The van der Waals surface area contributed by atoms with E-state index in [1.807, 2.05) is 29.3 Å². The summed E-state index contributed by atoms with van der Waals surface area (Å²) in [6.45, 7) is 1.66. The molecule has 5 heteroatoms. The number of fused-ring (bicyclic) bond motifs is 2. The number of rotatable bonds is 1. The van der Waals surface area contributed by atoms with Crippen molar-refractivity contribution >= 4 is 32.7 Å². The smallest absolute Gasteiger partial charge is 0.256 e. The van der Waals surface area contributed by atoms with Crippen LogP contribution in [-0.4, -0.2) is 34.9 Å². The Morgan fingerprint density at radius 1 is 1.33 bits per heavy atom. The number of nitrogens with one attached hydrogen (secondary N) is 1. The van der Waals surface area contributed by atoms with Gasteiger partial charge in [0.25, 0.3) is 5.91 Å². The number of carbonyl (C=O) groups excluding carboxylic acids is 1. The first-order valence-corrected chi connectivity index (χ1v) is 8.25. The first kappa shape index (κ1) is 13.3. The maximum atomic E-state index is 12.9. The van der Waals surface area contributed by atoms with E-state index in [1.165, 1.54) is 0 Å². The second-order valence-corrected chi connectivity index (χ2v) is 7.09. The highest BCUT2D eigenvalue weighted by atomic mass is 79.9. The predicted octanol–water partition coefficient (Wildman–Crippen LogP) is 2.74. The van der Waals surface area contributed by atoms with Crippen molar-refractivity contribution in [3.8, 4) is 0 Å². The van der Waals surface area contributed by atoms with Crippen molar-refractivity contribution in [1.29, 1.82) is 0 Å². The fraction of sp³-hybridized carbons (Fsp3) is 0.438. The van der Waals surface area contributed by atoms with E-state index in [1.54, 1.807) is 0 Å². The lowest BCUT2D eigenvalue weighted by Crippen LogP contribution is -2.33. The summed E-state index contributed by atoms with van der Waals surface area (Å²) in [5.74, 6) is 1.20. The molecular weight excluding hydrogens is 330 g/mol. The van der Waals surface area contributed by atoms with Gasteiger partial charge in [-0.15, -0.1) is 0 Å². The van der Waals surface area contributed by atoms with Gasteiger partial charge >= 0.3 is 0 Å². The molecule has 1 amide bonds. The van der Waals surface area contributed by atoms with Crippen molar-refractivity contribution in [1.82, 2.24) is 9.88 Å². The highest BCUT2D eigenvalue weighted by Crippen LogP contribution is 2.38. The molecule has 0 radical (unpaired) electrons. The number of likely N-dealkylation sites (tertiary alicyclic amines) is 1. The lowest BCUT2D eigenvalue weighted by Gasteiger charge is -2.18. The molecule has 1 aromatic heterocycles. The molecule has 2 fully saturated rings. The molecule has 0 bridgehead atoms. The minimum absolute atomic E-state index is 0.120. The maximum absolute atomic E-state index is 12.9. The largest absolute Gasteiger partial charge is 0.360 e. The second-order valence-electron chi connectivity index (χ2n) is 6.24. The van der Waals surface area contributed by atoms with Crippen LogP contribution in [0.25, 0.3) is 10.9 Å². The van der Waals surface area contributed by atoms with Crippen molar-refractivity contribution in [3.63, 3.8) is 0 Å². The molecule has 1 aromatic carbocycles. The molecule has 2 heterocycles. The monoisotopic (exact) mass is 347 g/mol. The number of nitrogens with two attached hydrogens (primary N) is 1. The number of hydrogen-bond acceptors (Lipinski definition) is 2. The highest BCUT2D eigenvalue weighted by Gasteiger charge is 2.42. The molecule has 1 aliphatic heterocycles. The van der Waals surface area contributed by atoms with Crippen LogP contribution in [0.15, 0.2) is 28.9 Å². The minimum Gasteiger partial charge on any atom is -0.360 e. The van der Waals surface area contributed by atoms with Crippen LogP contribution >= 0.6 is 15.9 Å². The van der Waals surface area contributed by atoms with Crippen LogP contribution in [0.2, 0.25) is 0 Å². The van der Waals surface area contributed by atoms with Gasteiger partial charge in [0.1, 0.15) is 0 Å². The van der Waals surface area contributed by atoms with Crippen LogP contribution in [0.5, 0.6) is 0 Å². The van der Waals surface area contributed by atoms with Crippen molar-refractivity contribution in [2.75, 3.05) is 13.1 Å². The van der Waals surface area contributed by atoms with E-state index in [4.69, 9.17) is 5.73 Å². The Balaban J connectivity index is 1.66. The zero-order valence-corrected chi connectivity index (χ0v) is 13.3. The Hall–Kier alpha value is -1.33. The third-order valence-corrected chi connectivity index (χ3v) is 5.75. The molecule has 110 valence electrons. The Morgan fingerprint density at radius 2 is 2.19 bits per heavy atom. The van der Waals surface area contributed by atoms with Gasteiger partial charge in [0.15, 0.2) is 0 Å². The molecule has 4 nitrogen and oxygen atoms in total. The number of carbonyl (C=O) groups is 1. The third-order valence-electron chi connectivity index (χ3n) is 5.08. The Bertz CT molecular complexity index is 711. The molecule has 2 aliphatic rings. The molecule has 2 aromatic rings. The number of halogens is 1. The summed E-state index contributed by atoms with van der Waals surface area (Å²) in [6.07, 6.45) is 4.09. The molecule has 1 saturated heterocycles. The van der Waals surface area contributed by atoms with Crippen molar-refractivity contribution in [2.45, 2.75) is 18.9 Å². The molecule has 21 heavy (non-hydrogen) atoms. The van der Waals surface area contributed by atoms with E-state index >= 15 is 0 Å². The van der Waals surface area contributed by atoms with E-state index < -0.39 is 0 Å². The number of benzene rings is 1.